The maximum atomic E-state index is 9.40. The van der Waals surface area contributed by atoms with Crippen molar-refractivity contribution in [3.8, 4) is 0 Å². The van der Waals surface area contributed by atoms with Crippen LogP contribution in [0.1, 0.15) is 12.0 Å². The zero-order chi connectivity index (χ0) is 10.8. The first kappa shape index (κ1) is 10.7. The van der Waals surface area contributed by atoms with E-state index in [4.69, 9.17) is 17.3 Å². The predicted molar refractivity (Wildman–Crippen MR) is 61.8 cm³/mol. The molecule has 15 heavy (non-hydrogen) atoms. The Balaban J connectivity index is 2.07. The first-order valence-corrected chi connectivity index (χ1v) is 5.47. The Kier molecular flexibility index (Phi) is 3.14. The number of halogens is 1. The molecule has 0 bridgehead atoms. The van der Waals surface area contributed by atoms with E-state index >= 15 is 0 Å². The first-order valence-electron chi connectivity index (χ1n) is 5.09. The molecule has 1 atom stereocenters. The molecule has 0 radical (unpaired) electrons. The summed E-state index contributed by atoms with van der Waals surface area (Å²) in [6, 6.07) is 5.50. The van der Waals surface area contributed by atoms with E-state index in [-0.39, 0.29) is 6.10 Å². The van der Waals surface area contributed by atoms with Gasteiger partial charge < -0.3 is 10.8 Å². The Morgan fingerprint density at radius 3 is 3.00 bits per heavy atom. The average Bonchev–Trinajstić information content (AvgIpc) is 2.58. The molecule has 0 amide bonds. The van der Waals surface area contributed by atoms with E-state index in [1.54, 1.807) is 6.07 Å². The summed E-state index contributed by atoms with van der Waals surface area (Å²) in [5.74, 6) is 0. The molecule has 1 aromatic rings. The molecule has 3 N–H and O–H groups in total. The van der Waals surface area contributed by atoms with Gasteiger partial charge in [-0.25, -0.2) is 0 Å². The fraction of sp³-hybridized carbons (Fsp3) is 0.455. The lowest BCUT2D eigenvalue weighted by atomic mass is 10.1. The molecule has 1 heterocycles. The number of benzene rings is 1. The standard InChI is InChI=1S/C11H15ClN2O/c12-9-1-2-11(13)8(5-9)6-14-4-3-10(15)7-14/h1-2,5,10,15H,3-4,6-7,13H2. The SMILES string of the molecule is Nc1ccc(Cl)cc1CN1CCC(O)C1. The number of β-amino-alcohol motifs (C(OH)–C–C–N with tert-alkyl or cyclic N) is 1. The normalized spacial score (nSPS) is 22.1. The van der Waals surface area contributed by atoms with Gasteiger partial charge in [0.15, 0.2) is 0 Å². The summed E-state index contributed by atoms with van der Waals surface area (Å²) < 4.78 is 0. The third-order valence-electron chi connectivity index (χ3n) is 2.75. The van der Waals surface area contributed by atoms with Gasteiger partial charge in [0.2, 0.25) is 0 Å². The van der Waals surface area contributed by atoms with Crippen LogP contribution in [0.5, 0.6) is 0 Å². The third kappa shape index (κ3) is 2.62. The van der Waals surface area contributed by atoms with Crippen LogP contribution >= 0.6 is 11.6 Å². The van der Waals surface area contributed by atoms with Crippen molar-refractivity contribution < 1.29 is 5.11 Å². The molecule has 1 aromatic carbocycles. The maximum Gasteiger partial charge on any atom is 0.0679 e. The second kappa shape index (κ2) is 4.39. The Hall–Kier alpha value is -0.770. The molecule has 1 aliphatic heterocycles. The molecule has 0 aromatic heterocycles. The summed E-state index contributed by atoms with van der Waals surface area (Å²) in [5.41, 5.74) is 7.66. The summed E-state index contributed by atoms with van der Waals surface area (Å²) in [4.78, 5) is 2.19. The van der Waals surface area contributed by atoms with Crippen LogP contribution in [0, 0.1) is 0 Å². The zero-order valence-electron chi connectivity index (χ0n) is 8.49. The van der Waals surface area contributed by atoms with Crippen LogP contribution in [0.4, 0.5) is 5.69 Å². The summed E-state index contributed by atoms with van der Waals surface area (Å²) in [6.07, 6.45) is 0.658. The monoisotopic (exact) mass is 226 g/mol. The van der Waals surface area contributed by atoms with Crippen molar-refractivity contribution in [2.75, 3.05) is 18.8 Å². The number of aliphatic hydroxyl groups excluding tert-OH is 1. The molecular formula is C11H15ClN2O. The second-order valence-corrected chi connectivity index (χ2v) is 4.46. The van der Waals surface area contributed by atoms with Crippen molar-refractivity contribution in [1.29, 1.82) is 0 Å². The van der Waals surface area contributed by atoms with E-state index in [2.05, 4.69) is 4.90 Å². The Morgan fingerprint density at radius 2 is 2.33 bits per heavy atom. The van der Waals surface area contributed by atoms with Crippen molar-refractivity contribution >= 4 is 17.3 Å². The number of nitrogen functional groups attached to an aromatic ring is 1. The highest BCUT2D eigenvalue weighted by molar-refractivity contribution is 6.30. The number of rotatable bonds is 2. The lowest BCUT2D eigenvalue weighted by molar-refractivity contribution is 0.175. The second-order valence-electron chi connectivity index (χ2n) is 4.02. The minimum atomic E-state index is -0.189. The molecule has 1 aliphatic rings. The zero-order valence-corrected chi connectivity index (χ0v) is 9.24. The molecule has 1 saturated heterocycles. The van der Waals surface area contributed by atoms with Crippen LogP contribution in [0.2, 0.25) is 5.02 Å². The van der Waals surface area contributed by atoms with Gasteiger partial charge in [0, 0.05) is 30.3 Å². The van der Waals surface area contributed by atoms with Gasteiger partial charge in [0.25, 0.3) is 0 Å². The summed E-state index contributed by atoms with van der Waals surface area (Å²) in [6.45, 7) is 2.42. The van der Waals surface area contributed by atoms with E-state index in [1.165, 1.54) is 0 Å². The summed E-state index contributed by atoms with van der Waals surface area (Å²) in [7, 11) is 0. The minimum absolute atomic E-state index is 0.189. The van der Waals surface area contributed by atoms with Crippen molar-refractivity contribution in [2.24, 2.45) is 0 Å². The van der Waals surface area contributed by atoms with Gasteiger partial charge >= 0.3 is 0 Å². The van der Waals surface area contributed by atoms with Gasteiger partial charge in [0.05, 0.1) is 6.10 Å². The highest BCUT2D eigenvalue weighted by Crippen LogP contribution is 2.21. The molecule has 1 unspecified atom stereocenters. The van der Waals surface area contributed by atoms with E-state index in [9.17, 15) is 5.11 Å². The van der Waals surface area contributed by atoms with Crippen LogP contribution in [-0.2, 0) is 6.54 Å². The van der Waals surface area contributed by atoms with Gasteiger partial charge in [-0.15, -0.1) is 0 Å². The summed E-state index contributed by atoms with van der Waals surface area (Å²) in [5, 5.41) is 10.1. The highest BCUT2D eigenvalue weighted by atomic mass is 35.5. The van der Waals surface area contributed by atoms with Crippen molar-refractivity contribution in [3.63, 3.8) is 0 Å². The Morgan fingerprint density at radius 1 is 1.53 bits per heavy atom. The van der Waals surface area contributed by atoms with Gasteiger partial charge in [-0.2, -0.15) is 0 Å². The highest BCUT2D eigenvalue weighted by Gasteiger charge is 2.20. The third-order valence-corrected chi connectivity index (χ3v) is 2.98. The Bertz CT molecular complexity index is 356. The fourth-order valence-electron chi connectivity index (χ4n) is 1.91. The predicted octanol–water partition coefficient (Wildman–Crippen LogP) is 1.49. The largest absolute Gasteiger partial charge is 0.398 e. The topological polar surface area (TPSA) is 49.5 Å². The number of anilines is 1. The van der Waals surface area contributed by atoms with E-state index < -0.39 is 0 Å². The number of likely N-dealkylation sites (tertiary alicyclic amines) is 1. The van der Waals surface area contributed by atoms with Crippen LogP contribution in [0.15, 0.2) is 18.2 Å². The minimum Gasteiger partial charge on any atom is -0.398 e. The van der Waals surface area contributed by atoms with Gasteiger partial charge in [-0.1, -0.05) is 11.6 Å². The molecular weight excluding hydrogens is 212 g/mol. The van der Waals surface area contributed by atoms with Crippen molar-refractivity contribution in [2.45, 2.75) is 19.1 Å². The molecule has 3 nitrogen and oxygen atoms in total. The molecule has 0 spiro atoms. The van der Waals surface area contributed by atoms with Gasteiger partial charge in [-0.3, -0.25) is 4.90 Å². The van der Waals surface area contributed by atoms with Crippen molar-refractivity contribution in [1.82, 2.24) is 4.90 Å². The van der Waals surface area contributed by atoms with Crippen LogP contribution < -0.4 is 5.73 Å². The van der Waals surface area contributed by atoms with Crippen LogP contribution in [0.25, 0.3) is 0 Å². The van der Waals surface area contributed by atoms with E-state index in [0.29, 0.717) is 5.02 Å². The molecule has 82 valence electrons. The van der Waals surface area contributed by atoms with Crippen LogP contribution in [0.3, 0.4) is 0 Å². The Labute approximate surface area is 94.4 Å². The molecule has 2 rings (SSSR count). The van der Waals surface area contributed by atoms with Crippen LogP contribution in [-0.4, -0.2) is 29.2 Å². The quantitative estimate of drug-likeness (QED) is 0.752. The number of nitrogens with zero attached hydrogens (tertiary/aromatic N) is 1. The average molecular weight is 227 g/mol. The van der Waals surface area contributed by atoms with Gasteiger partial charge in [-0.05, 0) is 30.2 Å². The molecule has 0 saturated carbocycles. The number of hydrogen-bond donors (Lipinski definition) is 2. The number of aliphatic hydroxyl groups is 1. The maximum absolute atomic E-state index is 9.40. The smallest absolute Gasteiger partial charge is 0.0679 e. The number of nitrogens with two attached hydrogens (primary N) is 1. The number of hydrogen-bond acceptors (Lipinski definition) is 3. The van der Waals surface area contributed by atoms with Crippen molar-refractivity contribution in [3.05, 3.63) is 28.8 Å². The fourth-order valence-corrected chi connectivity index (χ4v) is 2.10. The first-order chi connectivity index (χ1) is 7.15. The van der Waals surface area contributed by atoms with E-state index in [1.807, 2.05) is 12.1 Å². The lowest BCUT2D eigenvalue weighted by Gasteiger charge is -2.16. The molecule has 0 aliphatic carbocycles. The lowest BCUT2D eigenvalue weighted by Crippen LogP contribution is -2.22. The summed E-state index contributed by atoms with van der Waals surface area (Å²) >= 11 is 5.91. The molecule has 1 fully saturated rings. The molecule has 4 heteroatoms. The van der Waals surface area contributed by atoms with Gasteiger partial charge in [0.1, 0.15) is 0 Å². The van der Waals surface area contributed by atoms with E-state index in [0.717, 1.165) is 37.3 Å².